The summed E-state index contributed by atoms with van der Waals surface area (Å²) in [6.45, 7) is 3.79. The molecule has 6 nitrogen and oxygen atoms in total. The molecule has 1 unspecified atom stereocenters. The van der Waals surface area contributed by atoms with Crippen molar-refractivity contribution in [2.75, 3.05) is 11.1 Å². The summed E-state index contributed by atoms with van der Waals surface area (Å²) >= 11 is 6.09. The highest BCUT2D eigenvalue weighted by Crippen LogP contribution is 2.27. The van der Waals surface area contributed by atoms with Gasteiger partial charge in [0.05, 0.1) is 23.0 Å². The first-order valence-corrected chi connectivity index (χ1v) is 7.21. The summed E-state index contributed by atoms with van der Waals surface area (Å²) < 4.78 is 0. The lowest BCUT2D eigenvalue weighted by Crippen LogP contribution is -2.39. The van der Waals surface area contributed by atoms with E-state index in [4.69, 9.17) is 23.1 Å². The highest BCUT2D eigenvalue weighted by Gasteiger charge is 2.17. The first kappa shape index (κ1) is 16.2. The van der Waals surface area contributed by atoms with Gasteiger partial charge < -0.3 is 16.8 Å². The average molecular weight is 320 g/mol. The van der Waals surface area contributed by atoms with E-state index in [2.05, 4.69) is 15.3 Å². The van der Waals surface area contributed by atoms with Crippen LogP contribution in [-0.2, 0) is 4.79 Å². The minimum absolute atomic E-state index is 0.0549. The lowest BCUT2D eigenvalue weighted by atomic mass is 10.0. The van der Waals surface area contributed by atoms with Gasteiger partial charge in [0.25, 0.3) is 0 Å². The first-order valence-electron chi connectivity index (χ1n) is 6.83. The number of amides is 1. The molecule has 0 bridgehead atoms. The van der Waals surface area contributed by atoms with E-state index >= 15 is 0 Å². The number of anilines is 2. The first-order chi connectivity index (χ1) is 10.4. The lowest BCUT2D eigenvalue weighted by molar-refractivity contribution is -0.118. The summed E-state index contributed by atoms with van der Waals surface area (Å²) in [7, 11) is 0. The average Bonchev–Trinajstić information content (AvgIpc) is 2.49. The van der Waals surface area contributed by atoms with Crippen LogP contribution in [0.15, 0.2) is 30.5 Å². The largest absolute Gasteiger partial charge is 0.368 e. The van der Waals surface area contributed by atoms with Gasteiger partial charge in [-0.1, -0.05) is 37.6 Å². The van der Waals surface area contributed by atoms with Crippen molar-refractivity contribution in [1.29, 1.82) is 0 Å². The molecule has 5 N–H and O–H groups in total. The Balaban J connectivity index is 2.27. The second-order valence-electron chi connectivity index (χ2n) is 5.26. The van der Waals surface area contributed by atoms with Gasteiger partial charge in [-0.2, -0.15) is 0 Å². The Morgan fingerprint density at radius 2 is 2.09 bits per heavy atom. The van der Waals surface area contributed by atoms with Crippen LogP contribution in [0.4, 0.5) is 11.6 Å². The molecule has 1 atom stereocenters. The Kier molecular flexibility index (Phi) is 4.95. The van der Waals surface area contributed by atoms with Crippen molar-refractivity contribution < 1.29 is 4.79 Å². The molecular formula is C15H18ClN5O. The van der Waals surface area contributed by atoms with Crippen molar-refractivity contribution in [2.45, 2.75) is 19.9 Å². The lowest BCUT2D eigenvalue weighted by Gasteiger charge is -2.15. The van der Waals surface area contributed by atoms with Gasteiger partial charge in [-0.15, -0.1) is 0 Å². The quantitative estimate of drug-likeness (QED) is 0.801. The number of halogens is 1. The highest BCUT2D eigenvalue weighted by molar-refractivity contribution is 6.32. The number of aromatic nitrogens is 2. The van der Waals surface area contributed by atoms with Gasteiger partial charge in [0, 0.05) is 11.3 Å². The van der Waals surface area contributed by atoms with Crippen LogP contribution >= 0.6 is 11.6 Å². The minimum Gasteiger partial charge on any atom is -0.368 e. The second kappa shape index (κ2) is 6.72. The van der Waals surface area contributed by atoms with E-state index in [1.165, 1.54) is 6.20 Å². The third kappa shape index (κ3) is 3.72. The number of hydrogen-bond acceptors (Lipinski definition) is 5. The topological polar surface area (TPSA) is 107 Å². The smallest absolute Gasteiger partial charge is 0.241 e. The van der Waals surface area contributed by atoms with E-state index in [0.29, 0.717) is 16.4 Å². The molecule has 0 fully saturated rings. The number of nitrogens with one attached hydrogen (secondary N) is 1. The van der Waals surface area contributed by atoms with E-state index in [9.17, 15) is 4.79 Å². The summed E-state index contributed by atoms with van der Waals surface area (Å²) in [6, 6.07) is 6.58. The van der Waals surface area contributed by atoms with Crippen LogP contribution in [0.25, 0.3) is 11.3 Å². The van der Waals surface area contributed by atoms with Crippen LogP contribution in [-0.4, -0.2) is 21.9 Å². The molecule has 0 spiro atoms. The van der Waals surface area contributed by atoms with Crippen LogP contribution in [0.1, 0.15) is 13.8 Å². The third-order valence-electron chi connectivity index (χ3n) is 3.19. The molecule has 1 amide bonds. The number of carbonyl (C=O) groups is 1. The van der Waals surface area contributed by atoms with E-state index in [1.807, 2.05) is 19.9 Å². The van der Waals surface area contributed by atoms with Crippen molar-refractivity contribution in [3.8, 4) is 11.3 Å². The molecule has 0 saturated heterocycles. The van der Waals surface area contributed by atoms with Gasteiger partial charge in [-0.05, 0) is 18.1 Å². The molecular weight excluding hydrogens is 302 g/mol. The molecule has 0 aliphatic heterocycles. The standard InChI is InChI=1S/C15H18ClN5O/c1-8(2)12(17)14(22)20-10-5-3-4-9(6-10)13-11(16)7-19-15(18)21-13/h3-8,12H,17H2,1-2H3,(H,20,22)(H2,18,19,21). The van der Waals surface area contributed by atoms with E-state index in [-0.39, 0.29) is 17.8 Å². The number of hydrogen-bond donors (Lipinski definition) is 3. The molecule has 0 radical (unpaired) electrons. The summed E-state index contributed by atoms with van der Waals surface area (Å²) in [5.74, 6) is -0.0459. The monoisotopic (exact) mass is 319 g/mol. The second-order valence-corrected chi connectivity index (χ2v) is 5.67. The van der Waals surface area contributed by atoms with Gasteiger partial charge in [-0.25, -0.2) is 9.97 Å². The summed E-state index contributed by atoms with van der Waals surface area (Å²) in [5.41, 5.74) is 13.3. The fraction of sp³-hybridized carbons (Fsp3) is 0.267. The fourth-order valence-electron chi connectivity index (χ4n) is 1.86. The number of nitrogens with two attached hydrogens (primary N) is 2. The summed E-state index contributed by atoms with van der Waals surface area (Å²) in [5, 5.41) is 3.17. The van der Waals surface area contributed by atoms with Crippen LogP contribution in [0.5, 0.6) is 0 Å². The van der Waals surface area contributed by atoms with Gasteiger partial charge in [0.2, 0.25) is 11.9 Å². The van der Waals surface area contributed by atoms with Gasteiger partial charge in [0.1, 0.15) is 0 Å². The maximum absolute atomic E-state index is 12.0. The van der Waals surface area contributed by atoms with Crippen molar-refractivity contribution in [3.05, 3.63) is 35.5 Å². The normalized spacial score (nSPS) is 12.2. The molecule has 0 aliphatic rings. The van der Waals surface area contributed by atoms with Crippen LogP contribution < -0.4 is 16.8 Å². The highest BCUT2D eigenvalue weighted by atomic mass is 35.5. The predicted molar refractivity (Wildman–Crippen MR) is 88.3 cm³/mol. The number of carbonyl (C=O) groups excluding carboxylic acids is 1. The van der Waals surface area contributed by atoms with Gasteiger partial charge in [0.15, 0.2) is 0 Å². The SMILES string of the molecule is CC(C)C(N)C(=O)Nc1cccc(-c2nc(N)ncc2Cl)c1. The van der Waals surface area contributed by atoms with Crippen molar-refractivity contribution >= 4 is 29.1 Å². The molecule has 1 aromatic heterocycles. The van der Waals surface area contributed by atoms with E-state index in [0.717, 1.165) is 5.56 Å². The number of nitrogens with zero attached hydrogens (tertiary/aromatic N) is 2. The maximum atomic E-state index is 12.0. The zero-order valence-corrected chi connectivity index (χ0v) is 13.1. The minimum atomic E-state index is -0.568. The van der Waals surface area contributed by atoms with Crippen molar-refractivity contribution in [3.63, 3.8) is 0 Å². The Labute approximate surface area is 133 Å². The van der Waals surface area contributed by atoms with Crippen LogP contribution in [0, 0.1) is 5.92 Å². The number of rotatable bonds is 4. The van der Waals surface area contributed by atoms with Crippen LogP contribution in [0.2, 0.25) is 5.02 Å². The van der Waals surface area contributed by atoms with Crippen molar-refractivity contribution in [2.24, 2.45) is 11.7 Å². The molecule has 116 valence electrons. The van der Waals surface area contributed by atoms with E-state index in [1.54, 1.807) is 18.2 Å². The number of nitrogen functional groups attached to an aromatic ring is 1. The Hall–Kier alpha value is -2.18. The zero-order valence-electron chi connectivity index (χ0n) is 12.4. The molecule has 1 aromatic carbocycles. The van der Waals surface area contributed by atoms with E-state index < -0.39 is 6.04 Å². The maximum Gasteiger partial charge on any atom is 0.241 e. The van der Waals surface area contributed by atoms with Crippen molar-refractivity contribution in [1.82, 2.24) is 9.97 Å². The van der Waals surface area contributed by atoms with Crippen LogP contribution in [0.3, 0.4) is 0 Å². The zero-order chi connectivity index (χ0) is 16.3. The Bertz CT molecular complexity index is 689. The Morgan fingerprint density at radius 1 is 1.36 bits per heavy atom. The molecule has 0 aliphatic carbocycles. The number of benzene rings is 1. The molecule has 1 heterocycles. The molecule has 2 rings (SSSR count). The predicted octanol–water partition coefficient (Wildman–Crippen LogP) is 2.30. The molecule has 7 heteroatoms. The van der Waals surface area contributed by atoms with Gasteiger partial charge in [-0.3, -0.25) is 4.79 Å². The fourth-order valence-corrected chi connectivity index (χ4v) is 2.06. The molecule has 2 aromatic rings. The summed E-state index contributed by atoms with van der Waals surface area (Å²) in [6.07, 6.45) is 1.44. The molecule has 0 saturated carbocycles. The third-order valence-corrected chi connectivity index (χ3v) is 3.46. The van der Waals surface area contributed by atoms with Gasteiger partial charge >= 0.3 is 0 Å². The summed E-state index contributed by atoms with van der Waals surface area (Å²) in [4.78, 5) is 20.0. The molecule has 22 heavy (non-hydrogen) atoms. The Morgan fingerprint density at radius 3 is 2.77 bits per heavy atom.